The van der Waals surface area contributed by atoms with Crippen LogP contribution in [0.25, 0.3) is 0 Å². The van der Waals surface area contributed by atoms with E-state index in [2.05, 4.69) is 30.7 Å². The van der Waals surface area contributed by atoms with E-state index in [1.807, 2.05) is 6.92 Å². The van der Waals surface area contributed by atoms with Crippen LogP contribution >= 0.6 is 0 Å². The average Bonchev–Trinajstić information content (AvgIpc) is 2.15. The highest BCUT2D eigenvalue weighted by Gasteiger charge is 2.23. The van der Waals surface area contributed by atoms with Gasteiger partial charge in [0.05, 0.1) is 11.4 Å². The summed E-state index contributed by atoms with van der Waals surface area (Å²) in [4.78, 5) is 8.73. The van der Waals surface area contributed by atoms with Gasteiger partial charge in [-0.2, -0.15) is 0 Å². The molecule has 0 aliphatic carbocycles. The molecule has 0 atom stereocenters. The van der Waals surface area contributed by atoms with E-state index in [0.717, 1.165) is 11.4 Å². The maximum absolute atomic E-state index is 4.44. The van der Waals surface area contributed by atoms with Crippen molar-refractivity contribution in [2.75, 3.05) is 0 Å². The van der Waals surface area contributed by atoms with Crippen molar-refractivity contribution in [2.24, 2.45) is 0 Å². The Morgan fingerprint density at radius 1 is 1.21 bits per heavy atom. The summed E-state index contributed by atoms with van der Waals surface area (Å²) in [6.07, 6.45) is 7.22. The molecule has 1 heterocycles. The lowest BCUT2D eigenvalue weighted by Gasteiger charge is -2.24. The maximum atomic E-state index is 4.44. The van der Waals surface area contributed by atoms with Crippen molar-refractivity contribution in [1.29, 1.82) is 0 Å². The predicted molar refractivity (Wildman–Crippen MR) is 59.3 cm³/mol. The summed E-state index contributed by atoms with van der Waals surface area (Å²) < 4.78 is 0. The minimum atomic E-state index is 0.161. The van der Waals surface area contributed by atoms with E-state index >= 15 is 0 Å². The van der Waals surface area contributed by atoms with Crippen LogP contribution in [-0.2, 0) is 5.41 Å². The van der Waals surface area contributed by atoms with Crippen LogP contribution < -0.4 is 0 Å². The minimum Gasteiger partial charge on any atom is -0.258 e. The predicted octanol–water partition coefficient (Wildman–Crippen LogP) is 3.25. The van der Waals surface area contributed by atoms with Crippen LogP contribution in [0.5, 0.6) is 0 Å². The molecular formula is C12H20N2. The Morgan fingerprint density at radius 2 is 1.86 bits per heavy atom. The lowest BCUT2D eigenvalue weighted by molar-refractivity contribution is 0.441. The third-order valence-corrected chi connectivity index (χ3v) is 2.68. The van der Waals surface area contributed by atoms with E-state index in [4.69, 9.17) is 0 Å². The summed E-state index contributed by atoms with van der Waals surface area (Å²) in [5.41, 5.74) is 2.37. The number of unbranched alkanes of at least 4 members (excludes halogenated alkanes) is 1. The van der Waals surface area contributed by atoms with Crippen molar-refractivity contribution < 1.29 is 0 Å². The number of hydrogen-bond acceptors (Lipinski definition) is 2. The summed E-state index contributed by atoms with van der Waals surface area (Å²) in [6.45, 7) is 8.76. The van der Waals surface area contributed by atoms with Gasteiger partial charge in [0.1, 0.15) is 0 Å². The van der Waals surface area contributed by atoms with Crippen molar-refractivity contribution in [3.05, 3.63) is 23.8 Å². The smallest absolute Gasteiger partial charge is 0.0671 e. The topological polar surface area (TPSA) is 25.8 Å². The molecule has 0 radical (unpaired) electrons. The van der Waals surface area contributed by atoms with Crippen LogP contribution in [-0.4, -0.2) is 9.97 Å². The average molecular weight is 192 g/mol. The minimum absolute atomic E-state index is 0.161. The molecule has 0 N–H and O–H groups in total. The summed E-state index contributed by atoms with van der Waals surface area (Å²) in [5.74, 6) is 0. The van der Waals surface area contributed by atoms with Crippen LogP contribution in [0, 0.1) is 6.92 Å². The molecular weight excluding hydrogens is 172 g/mol. The highest BCUT2D eigenvalue weighted by atomic mass is 14.8. The molecule has 14 heavy (non-hydrogen) atoms. The van der Waals surface area contributed by atoms with Gasteiger partial charge in [-0.15, -0.1) is 0 Å². The lowest BCUT2D eigenvalue weighted by atomic mass is 9.83. The van der Waals surface area contributed by atoms with Gasteiger partial charge in [-0.3, -0.25) is 9.97 Å². The molecule has 0 spiro atoms. The van der Waals surface area contributed by atoms with Crippen LogP contribution in [0.3, 0.4) is 0 Å². The molecule has 0 amide bonds. The summed E-state index contributed by atoms with van der Waals surface area (Å²) in [6, 6.07) is 0. The molecule has 0 aliphatic rings. The number of nitrogens with zero attached hydrogens (tertiary/aromatic N) is 2. The van der Waals surface area contributed by atoms with Crippen LogP contribution in [0.15, 0.2) is 12.4 Å². The molecule has 78 valence electrons. The lowest BCUT2D eigenvalue weighted by Crippen LogP contribution is -2.20. The van der Waals surface area contributed by atoms with Gasteiger partial charge in [0, 0.05) is 17.8 Å². The van der Waals surface area contributed by atoms with Crippen LogP contribution in [0.2, 0.25) is 0 Å². The molecule has 0 bridgehead atoms. The van der Waals surface area contributed by atoms with E-state index < -0.39 is 0 Å². The Labute approximate surface area is 86.8 Å². The first-order valence-corrected chi connectivity index (χ1v) is 5.36. The normalized spacial score (nSPS) is 11.7. The molecule has 0 aromatic carbocycles. The number of aryl methyl sites for hydroxylation is 1. The first-order chi connectivity index (χ1) is 6.58. The van der Waals surface area contributed by atoms with Gasteiger partial charge in [-0.05, 0) is 13.3 Å². The molecule has 2 nitrogen and oxygen atoms in total. The van der Waals surface area contributed by atoms with E-state index in [9.17, 15) is 0 Å². The Bertz CT molecular complexity index is 292. The van der Waals surface area contributed by atoms with Crippen molar-refractivity contribution in [1.82, 2.24) is 9.97 Å². The third kappa shape index (κ3) is 2.53. The van der Waals surface area contributed by atoms with Gasteiger partial charge in [-0.1, -0.05) is 33.6 Å². The van der Waals surface area contributed by atoms with Crippen molar-refractivity contribution >= 4 is 0 Å². The summed E-state index contributed by atoms with van der Waals surface area (Å²) in [5, 5.41) is 0. The first-order valence-electron chi connectivity index (χ1n) is 5.36. The zero-order valence-corrected chi connectivity index (χ0v) is 9.67. The van der Waals surface area contributed by atoms with Gasteiger partial charge in [-0.25, -0.2) is 0 Å². The Morgan fingerprint density at radius 3 is 2.43 bits per heavy atom. The number of hydrogen-bond donors (Lipinski definition) is 0. The molecule has 2 heteroatoms. The molecule has 1 rings (SSSR count). The number of rotatable bonds is 4. The monoisotopic (exact) mass is 192 g/mol. The van der Waals surface area contributed by atoms with E-state index in [1.54, 1.807) is 12.4 Å². The zero-order chi connectivity index (χ0) is 10.6. The van der Waals surface area contributed by atoms with Gasteiger partial charge >= 0.3 is 0 Å². The maximum Gasteiger partial charge on any atom is 0.0671 e. The van der Waals surface area contributed by atoms with Crippen LogP contribution in [0.4, 0.5) is 0 Å². The third-order valence-electron chi connectivity index (χ3n) is 2.68. The fraction of sp³-hybridized carbons (Fsp3) is 0.667. The SMILES string of the molecule is CCCCC(C)(C)c1nccnc1C. The fourth-order valence-corrected chi connectivity index (χ4v) is 1.81. The molecule has 0 saturated heterocycles. The second-order valence-electron chi connectivity index (χ2n) is 4.48. The second kappa shape index (κ2) is 4.54. The highest BCUT2D eigenvalue weighted by molar-refractivity contribution is 5.18. The Hall–Kier alpha value is -0.920. The quantitative estimate of drug-likeness (QED) is 0.731. The summed E-state index contributed by atoms with van der Waals surface area (Å²) in [7, 11) is 0. The molecule has 0 fully saturated rings. The van der Waals surface area contributed by atoms with E-state index in [1.165, 1.54) is 19.3 Å². The van der Waals surface area contributed by atoms with Gasteiger partial charge in [0.25, 0.3) is 0 Å². The van der Waals surface area contributed by atoms with Gasteiger partial charge in [0.2, 0.25) is 0 Å². The first kappa shape index (κ1) is 11.2. The molecule has 0 saturated carbocycles. The van der Waals surface area contributed by atoms with Crippen molar-refractivity contribution in [2.45, 2.75) is 52.4 Å². The van der Waals surface area contributed by atoms with Crippen molar-refractivity contribution in [3.8, 4) is 0 Å². The van der Waals surface area contributed by atoms with Gasteiger partial charge < -0.3 is 0 Å². The van der Waals surface area contributed by atoms with E-state index in [-0.39, 0.29) is 5.41 Å². The van der Waals surface area contributed by atoms with Crippen LogP contribution in [0.1, 0.15) is 51.4 Å². The largest absolute Gasteiger partial charge is 0.258 e. The number of aromatic nitrogens is 2. The molecule has 0 aliphatic heterocycles. The zero-order valence-electron chi connectivity index (χ0n) is 9.67. The Kier molecular flexibility index (Phi) is 3.62. The molecule has 1 aromatic rings. The van der Waals surface area contributed by atoms with E-state index in [0.29, 0.717) is 0 Å². The Balaban J connectivity index is 2.86. The molecule has 0 unspecified atom stereocenters. The second-order valence-corrected chi connectivity index (χ2v) is 4.48. The van der Waals surface area contributed by atoms with Gasteiger partial charge in [0.15, 0.2) is 0 Å². The summed E-state index contributed by atoms with van der Waals surface area (Å²) >= 11 is 0. The standard InChI is InChI=1S/C12H20N2/c1-5-6-7-12(3,4)11-10(2)13-8-9-14-11/h8-9H,5-7H2,1-4H3. The fourth-order valence-electron chi connectivity index (χ4n) is 1.81. The highest BCUT2D eigenvalue weighted by Crippen LogP contribution is 2.28. The molecule has 1 aromatic heterocycles. The van der Waals surface area contributed by atoms with Crippen molar-refractivity contribution in [3.63, 3.8) is 0 Å².